The largest absolute Gasteiger partial charge is 0.473 e. The molecule has 3 aromatic heterocycles. The van der Waals surface area contributed by atoms with Gasteiger partial charge in [0.25, 0.3) is 0 Å². The second-order valence-electron chi connectivity index (χ2n) is 7.72. The molecule has 4 aromatic rings. The zero-order valence-electron chi connectivity index (χ0n) is 15.7. The summed E-state index contributed by atoms with van der Waals surface area (Å²) < 4.78 is 9.05. The van der Waals surface area contributed by atoms with E-state index < -0.39 is 0 Å². The maximum absolute atomic E-state index is 6.13. The Morgan fingerprint density at radius 1 is 1.07 bits per heavy atom. The van der Waals surface area contributed by atoms with Gasteiger partial charge < -0.3 is 10.1 Å². The highest BCUT2D eigenvalue weighted by Gasteiger charge is 2.34. The number of rotatable bonds is 4. The van der Waals surface area contributed by atoms with Crippen molar-refractivity contribution < 1.29 is 4.74 Å². The van der Waals surface area contributed by atoms with Gasteiger partial charge in [-0.05, 0) is 49.9 Å². The lowest BCUT2D eigenvalue weighted by Gasteiger charge is -2.28. The van der Waals surface area contributed by atoms with Gasteiger partial charge in [-0.15, -0.1) is 21.5 Å². The Kier molecular flexibility index (Phi) is 4.05. The van der Waals surface area contributed by atoms with Crippen molar-refractivity contribution in [2.75, 3.05) is 0 Å². The van der Waals surface area contributed by atoms with E-state index in [9.17, 15) is 0 Å². The van der Waals surface area contributed by atoms with Gasteiger partial charge in [-0.25, -0.2) is 9.67 Å². The molecule has 2 aliphatic heterocycles. The molecule has 2 bridgehead atoms. The second-order valence-corrected chi connectivity index (χ2v) is 8.57. The monoisotopic (exact) mass is 404 g/mol. The zero-order valence-corrected chi connectivity index (χ0v) is 16.5. The summed E-state index contributed by atoms with van der Waals surface area (Å²) in [5.41, 5.74) is 5.59. The lowest BCUT2D eigenvalue weighted by molar-refractivity contribution is 0.130. The van der Waals surface area contributed by atoms with Crippen molar-refractivity contribution in [2.24, 2.45) is 0 Å². The van der Waals surface area contributed by atoms with Crippen LogP contribution < -0.4 is 10.1 Å². The fourth-order valence-corrected chi connectivity index (χ4v) is 5.37. The van der Waals surface area contributed by atoms with E-state index in [1.54, 1.807) is 17.5 Å². The van der Waals surface area contributed by atoms with Gasteiger partial charge in [0.2, 0.25) is 5.88 Å². The zero-order chi connectivity index (χ0) is 19.2. The molecule has 2 fully saturated rings. The molecule has 6 rings (SSSR count). The van der Waals surface area contributed by atoms with Crippen molar-refractivity contribution in [3.05, 3.63) is 48.2 Å². The van der Waals surface area contributed by atoms with Crippen molar-refractivity contribution in [1.82, 2.24) is 30.3 Å². The Hall–Kier alpha value is -2.84. The molecular formula is C21H20N6OS. The van der Waals surface area contributed by atoms with E-state index in [0.717, 1.165) is 40.0 Å². The van der Waals surface area contributed by atoms with Gasteiger partial charge >= 0.3 is 0 Å². The molecule has 8 heteroatoms. The fourth-order valence-electron chi connectivity index (χ4n) is 4.53. The lowest BCUT2D eigenvalue weighted by atomic mass is 10.0. The van der Waals surface area contributed by atoms with E-state index in [0.29, 0.717) is 18.0 Å². The number of aromatic nitrogens is 5. The van der Waals surface area contributed by atoms with Crippen LogP contribution in [0.5, 0.6) is 5.88 Å². The van der Waals surface area contributed by atoms with E-state index in [-0.39, 0.29) is 6.10 Å². The molecule has 2 saturated heterocycles. The average Bonchev–Trinajstić information content (AvgIpc) is 3.49. The first-order valence-corrected chi connectivity index (χ1v) is 10.8. The van der Waals surface area contributed by atoms with Crippen LogP contribution in [0, 0.1) is 0 Å². The van der Waals surface area contributed by atoms with Gasteiger partial charge in [-0.2, -0.15) is 5.10 Å². The number of thiazole rings is 1. The standard InChI is InChI=1S/C21H20N6OS/c1-8-23-27(9-1)18-6-4-16(21-20(18)22-12-29-21)17-5-7-19(26-25-17)28-15-10-13-2-3-14(11-15)24-13/h1,4-9,12-15,24H,2-3,10-11H2. The summed E-state index contributed by atoms with van der Waals surface area (Å²) in [6.45, 7) is 0. The van der Waals surface area contributed by atoms with E-state index in [1.165, 1.54) is 12.8 Å². The van der Waals surface area contributed by atoms with Crippen LogP contribution in [0.25, 0.3) is 27.2 Å². The van der Waals surface area contributed by atoms with Gasteiger partial charge in [-0.1, -0.05) is 0 Å². The first-order chi connectivity index (χ1) is 14.3. The Labute approximate surface area is 171 Å². The molecule has 1 N–H and O–H groups in total. The van der Waals surface area contributed by atoms with Gasteiger partial charge in [0, 0.05) is 36.1 Å². The number of piperidine rings is 1. The van der Waals surface area contributed by atoms with E-state index in [2.05, 4.69) is 31.7 Å². The molecular weight excluding hydrogens is 384 g/mol. The number of fused-ring (bicyclic) bond motifs is 3. The second kappa shape index (κ2) is 6.89. The predicted molar refractivity (Wildman–Crippen MR) is 111 cm³/mol. The number of hydrogen-bond donors (Lipinski definition) is 1. The number of nitrogens with zero attached hydrogens (tertiary/aromatic N) is 5. The van der Waals surface area contributed by atoms with E-state index >= 15 is 0 Å². The topological polar surface area (TPSA) is 77.8 Å². The highest BCUT2D eigenvalue weighted by Crippen LogP contribution is 2.34. The Morgan fingerprint density at radius 2 is 1.97 bits per heavy atom. The number of nitrogens with one attached hydrogen (secondary N) is 1. The molecule has 0 spiro atoms. The summed E-state index contributed by atoms with van der Waals surface area (Å²) in [5, 5.41) is 16.8. The van der Waals surface area contributed by atoms with Crippen LogP contribution in [0.3, 0.4) is 0 Å². The summed E-state index contributed by atoms with van der Waals surface area (Å²) in [5.74, 6) is 0.605. The van der Waals surface area contributed by atoms with Crippen LogP contribution in [-0.2, 0) is 0 Å². The van der Waals surface area contributed by atoms with Crippen molar-refractivity contribution in [2.45, 2.75) is 43.9 Å². The SMILES string of the molecule is c1cnn(-c2ccc(-c3ccc(OC4CC5CCC(C4)N5)nn3)c3scnc23)c1. The third-order valence-corrected chi connectivity index (χ3v) is 6.71. The highest BCUT2D eigenvalue weighted by atomic mass is 32.1. The summed E-state index contributed by atoms with van der Waals surface area (Å²) in [6.07, 6.45) is 8.54. The van der Waals surface area contributed by atoms with Crippen LogP contribution in [0.4, 0.5) is 0 Å². The maximum atomic E-state index is 6.13. The van der Waals surface area contributed by atoms with Crippen molar-refractivity contribution >= 4 is 21.6 Å². The maximum Gasteiger partial charge on any atom is 0.233 e. The van der Waals surface area contributed by atoms with Crippen LogP contribution in [0.1, 0.15) is 25.7 Å². The molecule has 2 aliphatic rings. The molecule has 1 aromatic carbocycles. The van der Waals surface area contributed by atoms with E-state index in [1.807, 2.05) is 40.7 Å². The van der Waals surface area contributed by atoms with Crippen LogP contribution in [-0.4, -0.2) is 43.1 Å². The molecule has 146 valence electrons. The summed E-state index contributed by atoms with van der Waals surface area (Å²) in [6, 6.07) is 11.1. The summed E-state index contributed by atoms with van der Waals surface area (Å²) in [7, 11) is 0. The first-order valence-electron chi connectivity index (χ1n) is 9.96. The minimum absolute atomic E-state index is 0.232. The number of hydrogen-bond acceptors (Lipinski definition) is 7. The van der Waals surface area contributed by atoms with Gasteiger partial charge in [0.15, 0.2) is 0 Å². The molecule has 0 amide bonds. The van der Waals surface area contributed by atoms with Crippen LogP contribution >= 0.6 is 11.3 Å². The smallest absolute Gasteiger partial charge is 0.233 e. The average molecular weight is 404 g/mol. The van der Waals surface area contributed by atoms with Crippen molar-refractivity contribution in [1.29, 1.82) is 0 Å². The van der Waals surface area contributed by atoms with Crippen molar-refractivity contribution in [3.63, 3.8) is 0 Å². The summed E-state index contributed by atoms with van der Waals surface area (Å²) >= 11 is 1.60. The number of ether oxygens (including phenoxy) is 1. The predicted octanol–water partition coefficient (Wildman–Crippen LogP) is 3.60. The molecule has 7 nitrogen and oxygen atoms in total. The molecule has 0 aliphatic carbocycles. The number of benzene rings is 1. The van der Waals surface area contributed by atoms with E-state index in [4.69, 9.17) is 4.74 Å². The Bertz CT molecular complexity index is 1130. The molecule has 5 heterocycles. The lowest BCUT2D eigenvalue weighted by Crippen LogP contribution is -2.42. The van der Waals surface area contributed by atoms with Gasteiger partial charge in [0.1, 0.15) is 11.6 Å². The third-order valence-electron chi connectivity index (χ3n) is 5.85. The Morgan fingerprint density at radius 3 is 2.72 bits per heavy atom. The van der Waals surface area contributed by atoms with Gasteiger partial charge in [0.05, 0.1) is 21.6 Å². The molecule has 0 radical (unpaired) electrons. The third kappa shape index (κ3) is 3.08. The first kappa shape index (κ1) is 17.1. The van der Waals surface area contributed by atoms with Crippen LogP contribution in [0.15, 0.2) is 48.2 Å². The normalized spacial score (nSPS) is 23.5. The quantitative estimate of drug-likeness (QED) is 0.560. The summed E-state index contributed by atoms with van der Waals surface area (Å²) in [4.78, 5) is 4.55. The Balaban J connectivity index is 1.27. The molecule has 0 saturated carbocycles. The highest BCUT2D eigenvalue weighted by molar-refractivity contribution is 7.17. The molecule has 2 unspecified atom stereocenters. The van der Waals surface area contributed by atoms with Crippen LogP contribution in [0.2, 0.25) is 0 Å². The molecule has 2 atom stereocenters. The fraction of sp³-hybridized carbons (Fsp3) is 0.333. The van der Waals surface area contributed by atoms with Gasteiger partial charge in [-0.3, -0.25) is 0 Å². The molecule has 29 heavy (non-hydrogen) atoms. The van der Waals surface area contributed by atoms with Crippen molar-refractivity contribution in [3.8, 4) is 22.8 Å². The minimum atomic E-state index is 0.232. The minimum Gasteiger partial charge on any atom is -0.473 e.